The molecular formula is C16H16O8. The van der Waals surface area contributed by atoms with Crippen LogP contribution in [0.1, 0.15) is 17.3 Å². The quantitative estimate of drug-likeness (QED) is 0.315. The van der Waals surface area contributed by atoms with Gasteiger partial charge in [0.25, 0.3) is 0 Å². The molecule has 0 aliphatic carbocycles. The fourth-order valence-corrected chi connectivity index (χ4v) is 1.44. The molecule has 1 aromatic rings. The number of rotatable bonds is 7. The number of hydrogen-bond donors (Lipinski definition) is 0. The molecule has 0 aliphatic rings. The number of carbonyl (C=O) groups is 4. The molecule has 1 rings (SSSR count). The van der Waals surface area contributed by atoms with Crippen molar-refractivity contribution >= 4 is 23.9 Å². The van der Waals surface area contributed by atoms with Crippen LogP contribution in [0.5, 0.6) is 5.75 Å². The van der Waals surface area contributed by atoms with Gasteiger partial charge in [0, 0.05) is 12.2 Å². The van der Waals surface area contributed by atoms with Gasteiger partial charge in [-0.05, 0) is 31.2 Å². The van der Waals surface area contributed by atoms with Crippen molar-refractivity contribution in [2.24, 2.45) is 0 Å². The molecule has 0 N–H and O–H groups in total. The third kappa shape index (κ3) is 6.73. The molecule has 0 saturated heterocycles. The molecule has 128 valence electrons. The van der Waals surface area contributed by atoms with Gasteiger partial charge in [0.05, 0.1) is 19.3 Å². The average molecular weight is 336 g/mol. The summed E-state index contributed by atoms with van der Waals surface area (Å²) in [5.41, 5.74) is 0.299. The van der Waals surface area contributed by atoms with Crippen molar-refractivity contribution in [3.05, 3.63) is 42.0 Å². The van der Waals surface area contributed by atoms with Gasteiger partial charge in [-0.3, -0.25) is 0 Å². The molecule has 0 aliphatic heterocycles. The summed E-state index contributed by atoms with van der Waals surface area (Å²) in [6, 6.07) is 5.63. The summed E-state index contributed by atoms with van der Waals surface area (Å²) in [5, 5.41) is 0. The molecule has 0 radical (unpaired) electrons. The zero-order chi connectivity index (χ0) is 17.9. The van der Waals surface area contributed by atoms with Crippen molar-refractivity contribution in [3.63, 3.8) is 0 Å². The lowest BCUT2D eigenvalue weighted by Crippen LogP contribution is -2.18. The Hall–Kier alpha value is -3.16. The second kappa shape index (κ2) is 9.78. The third-order valence-corrected chi connectivity index (χ3v) is 2.48. The average Bonchev–Trinajstić information content (AvgIpc) is 2.58. The van der Waals surface area contributed by atoms with Crippen LogP contribution in [0.25, 0.3) is 0 Å². The van der Waals surface area contributed by atoms with Gasteiger partial charge < -0.3 is 18.9 Å². The van der Waals surface area contributed by atoms with E-state index in [2.05, 4.69) is 14.2 Å². The lowest BCUT2D eigenvalue weighted by Gasteiger charge is -2.05. The number of methoxy groups -OCH3 is 1. The predicted octanol–water partition coefficient (Wildman–Crippen LogP) is 1.04. The lowest BCUT2D eigenvalue weighted by molar-refractivity contribution is -0.150. The van der Waals surface area contributed by atoms with Crippen molar-refractivity contribution in [1.29, 1.82) is 0 Å². The van der Waals surface area contributed by atoms with E-state index in [1.54, 1.807) is 6.92 Å². The van der Waals surface area contributed by atoms with Gasteiger partial charge in [-0.15, -0.1) is 0 Å². The zero-order valence-corrected chi connectivity index (χ0v) is 13.1. The molecule has 0 saturated carbocycles. The van der Waals surface area contributed by atoms with E-state index in [1.165, 1.54) is 31.4 Å². The van der Waals surface area contributed by atoms with Gasteiger partial charge >= 0.3 is 23.9 Å². The SMILES string of the molecule is CCOC(=O)/C=C\C(=O)OCC(=O)Oc1ccc(C(=O)OC)cc1. The van der Waals surface area contributed by atoms with Crippen LogP contribution in [0.2, 0.25) is 0 Å². The molecule has 0 amide bonds. The van der Waals surface area contributed by atoms with E-state index in [4.69, 9.17) is 4.74 Å². The monoisotopic (exact) mass is 336 g/mol. The molecule has 1 aromatic carbocycles. The highest BCUT2D eigenvalue weighted by Crippen LogP contribution is 2.13. The van der Waals surface area contributed by atoms with Gasteiger partial charge in [0.2, 0.25) is 0 Å². The molecule has 8 heteroatoms. The van der Waals surface area contributed by atoms with Crippen LogP contribution in [0.4, 0.5) is 0 Å². The maximum Gasteiger partial charge on any atom is 0.349 e. The fourth-order valence-electron chi connectivity index (χ4n) is 1.44. The topological polar surface area (TPSA) is 105 Å². The minimum absolute atomic E-state index is 0.172. The summed E-state index contributed by atoms with van der Waals surface area (Å²) >= 11 is 0. The first-order chi connectivity index (χ1) is 11.5. The number of hydrogen-bond acceptors (Lipinski definition) is 8. The Morgan fingerprint density at radius 3 is 2.08 bits per heavy atom. The molecule has 0 heterocycles. The molecule has 0 aromatic heterocycles. The van der Waals surface area contributed by atoms with Crippen LogP contribution in [0.15, 0.2) is 36.4 Å². The van der Waals surface area contributed by atoms with Gasteiger partial charge in [-0.25, -0.2) is 19.2 Å². The van der Waals surface area contributed by atoms with Crippen molar-refractivity contribution < 1.29 is 38.1 Å². The summed E-state index contributed by atoms with van der Waals surface area (Å²) in [5.74, 6) is -2.75. The van der Waals surface area contributed by atoms with E-state index < -0.39 is 30.5 Å². The lowest BCUT2D eigenvalue weighted by atomic mass is 10.2. The Morgan fingerprint density at radius 1 is 0.958 bits per heavy atom. The highest BCUT2D eigenvalue weighted by atomic mass is 16.6. The number of carbonyl (C=O) groups excluding carboxylic acids is 4. The van der Waals surface area contributed by atoms with Gasteiger partial charge in [0.1, 0.15) is 5.75 Å². The maximum absolute atomic E-state index is 11.5. The Morgan fingerprint density at radius 2 is 1.54 bits per heavy atom. The fraction of sp³-hybridized carbons (Fsp3) is 0.250. The molecular weight excluding hydrogens is 320 g/mol. The second-order valence-corrected chi connectivity index (χ2v) is 4.18. The van der Waals surface area contributed by atoms with Crippen LogP contribution < -0.4 is 4.74 Å². The summed E-state index contributed by atoms with van der Waals surface area (Å²) in [7, 11) is 1.25. The standard InChI is InChI=1S/C16H16O8/c1-3-22-13(17)8-9-14(18)23-10-15(19)24-12-6-4-11(5-7-12)16(20)21-2/h4-9H,3,10H2,1-2H3/b9-8-. The number of esters is 4. The first-order valence-corrected chi connectivity index (χ1v) is 6.87. The summed E-state index contributed by atoms with van der Waals surface area (Å²) in [6.07, 6.45) is 1.74. The minimum atomic E-state index is -0.888. The largest absolute Gasteiger partial charge is 0.465 e. The first-order valence-electron chi connectivity index (χ1n) is 6.87. The third-order valence-electron chi connectivity index (χ3n) is 2.48. The van der Waals surface area contributed by atoms with E-state index in [1.807, 2.05) is 0 Å². The van der Waals surface area contributed by atoms with E-state index in [9.17, 15) is 19.2 Å². The Bertz CT molecular complexity index is 630. The number of ether oxygens (including phenoxy) is 4. The first kappa shape index (κ1) is 18.9. The molecule has 0 spiro atoms. The van der Waals surface area contributed by atoms with Gasteiger partial charge in [0.15, 0.2) is 6.61 Å². The van der Waals surface area contributed by atoms with Crippen molar-refractivity contribution in [2.45, 2.75) is 6.92 Å². The molecule has 0 atom stereocenters. The molecule has 8 nitrogen and oxygen atoms in total. The van der Waals surface area contributed by atoms with E-state index in [-0.39, 0.29) is 12.4 Å². The zero-order valence-electron chi connectivity index (χ0n) is 13.1. The molecule has 24 heavy (non-hydrogen) atoms. The molecule has 0 fully saturated rings. The smallest absolute Gasteiger partial charge is 0.349 e. The highest BCUT2D eigenvalue weighted by Gasteiger charge is 2.10. The number of benzene rings is 1. The molecule has 0 unspecified atom stereocenters. The van der Waals surface area contributed by atoms with E-state index in [0.717, 1.165) is 12.2 Å². The Balaban J connectivity index is 2.42. The van der Waals surface area contributed by atoms with Crippen LogP contribution >= 0.6 is 0 Å². The van der Waals surface area contributed by atoms with Crippen LogP contribution in [-0.4, -0.2) is 44.2 Å². The van der Waals surface area contributed by atoms with Crippen molar-refractivity contribution in [2.75, 3.05) is 20.3 Å². The Kier molecular flexibility index (Phi) is 7.69. The van der Waals surface area contributed by atoms with Crippen molar-refractivity contribution in [1.82, 2.24) is 0 Å². The van der Waals surface area contributed by atoms with Crippen LogP contribution in [0.3, 0.4) is 0 Å². The van der Waals surface area contributed by atoms with E-state index >= 15 is 0 Å². The van der Waals surface area contributed by atoms with E-state index in [0.29, 0.717) is 5.56 Å². The Labute approximate surface area is 137 Å². The summed E-state index contributed by atoms with van der Waals surface area (Å²) < 4.78 is 18.6. The maximum atomic E-state index is 11.5. The summed E-state index contributed by atoms with van der Waals surface area (Å²) in [4.78, 5) is 45.0. The van der Waals surface area contributed by atoms with Crippen molar-refractivity contribution in [3.8, 4) is 5.75 Å². The molecule has 0 bridgehead atoms. The second-order valence-electron chi connectivity index (χ2n) is 4.18. The normalized spacial score (nSPS) is 10.1. The minimum Gasteiger partial charge on any atom is -0.465 e. The highest BCUT2D eigenvalue weighted by molar-refractivity contribution is 5.92. The van der Waals surface area contributed by atoms with Gasteiger partial charge in [-0.2, -0.15) is 0 Å². The van der Waals surface area contributed by atoms with Gasteiger partial charge in [-0.1, -0.05) is 0 Å². The summed E-state index contributed by atoms with van der Waals surface area (Å²) in [6.45, 7) is 1.17. The van der Waals surface area contributed by atoms with Crippen LogP contribution in [-0.2, 0) is 28.6 Å². The predicted molar refractivity (Wildman–Crippen MR) is 80.1 cm³/mol. The van der Waals surface area contributed by atoms with Crippen LogP contribution in [0, 0.1) is 0 Å².